The summed E-state index contributed by atoms with van der Waals surface area (Å²) < 4.78 is 0. The summed E-state index contributed by atoms with van der Waals surface area (Å²) in [5.41, 5.74) is 5.49. The largest absolute Gasteiger partial charge is 0.287 e. The summed E-state index contributed by atoms with van der Waals surface area (Å²) in [6, 6.07) is 0. The molecule has 0 saturated carbocycles. The van der Waals surface area contributed by atoms with Crippen molar-refractivity contribution in [1.29, 1.82) is 0 Å². The van der Waals surface area contributed by atoms with Gasteiger partial charge in [0.2, 0.25) is 0 Å². The van der Waals surface area contributed by atoms with Gasteiger partial charge in [-0.2, -0.15) is 0 Å². The van der Waals surface area contributed by atoms with Crippen molar-refractivity contribution in [2.24, 2.45) is 4.99 Å². The smallest absolute Gasteiger partial charge is 0.139 e. The zero-order valence-corrected chi connectivity index (χ0v) is 4.15. The summed E-state index contributed by atoms with van der Waals surface area (Å²) in [5, 5.41) is 0. The van der Waals surface area contributed by atoms with Gasteiger partial charge in [0.25, 0.3) is 0 Å². The average Bonchev–Trinajstić information content (AvgIpc) is 1.87. The number of nitrogens with one attached hydrogen (secondary N) is 2. The molecule has 1 aliphatic heterocycles. The zero-order chi connectivity index (χ0) is 5.28. The van der Waals surface area contributed by atoms with Crippen LogP contribution in [0.1, 0.15) is 6.92 Å². The first-order valence-corrected chi connectivity index (χ1v) is 2.05. The standard InChI is InChI=1S/C4H7N3/c1-3-5-4(2)7-6-3/h6H,1H2,2H3,(H,5,7). The van der Waals surface area contributed by atoms with Crippen molar-refractivity contribution < 1.29 is 0 Å². The Morgan fingerprint density at radius 3 is 2.43 bits per heavy atom. The van der Waals surface area contributed by atoms with E-state index in [2.05, 4.69) is 22.4 Å². The number of hydrogen-bond acceptors (Lipinski definition) is 3. The molecule has 0 aromatic heterocycles. The first kappa shape index (κ1) is 4.18. The van der Waals surface area contributed by atoms with Crippen molar-refractivity contribution in [3.63, 3.8) is 0 Å². The molecule has 2 N–H and O–H groups in total. The third kappa shape index (κ3) is 0.707. The molecule has 0 bridgehead atoms. The highest BCUT2D eigenvalue weighted by Gasteiger charge is 1.97. The fraction of sp³-hybridized carbons (Fsp3) is 0.250. The highest BCUT2D eigenvalue weighted by molar-refractivity contribution is 5.81. The minimum atomic E-state index is 0.678. The van der Waals surface area contributed by atoms with E-state index in [4.69, 9.17) is 0 Å². The molecule has 0 fully saturated rings. The van der Waals surface area contributed by atoms with Crippen LogP contribution in [0.2, 0.25) is 0 Å². The van der Waals surface area contributed by atoms with Crippen LogP contribution < -0.4 is 10.9 Å². The van der Waals surface area contributed by atoms with Crippen LogP contribution in [0, 0.1) is 0 Å². The first-order chi connectivity index (χ1) is 3.29. The van der Waals surface area contributed by atoms with Crippen molar-refractivity contribution in [3.8, 4) is 0 Å². The molecule has 1 heterocycles. The molecule has 3 heteroatoms. The van der Waals surface area contributed by atoms with Gasteiger partial charge in [-0.1, -0.05) is 6.58 Å². The Morgan fingerprint density at radius 1 is 1.57 bits per heavy atom. The molecule has 1 aliphatic rings. The van der Waals surface area contributed by atoms with Gasteiger partial charge in [0.1, 0.15) is 11.7 Å². The Bertz CT molecular complexity index is 125. The molecule has 0 aliphatic carbocycles. The van der Waals surface area contributed by atoms with E-state index in [1.807, 2.05) is 6.92 Å². The Balaban J connectivity index is 2.67. The van der Waals surface area contributed by atoms with Gasteiger partial charge in [-0.05, 0) is 6.92 Å². The number of hydrazine groups is 1. The van der Waals surface area contributed by atoms with E-state index in [0.717, 1.165) is 5.84 Å². The topological polar surface area (TPSA) is 36.4 Å². The van der Waals surface area contributed by atoms with E-state index in [1.165, 1.54) is 0 Å². The van der Waals surface area contributed by atoms with Gasteiger partial charge in [0, 0.05) is 0 Å². The second-order valence-corrected chi connectivity index (χ2v) is 1.39. The third-order valence-electron chi connectivity index (χ3n) is 0.690. The summed E-state index contributed by atoms with van der Waals surface area (Å²) in [6.45, 7) is 5.41. The number of amidine groups is 1. The van der Waals surface area contributed by atoms with Crippen molar-refractivity contribution in [2.75, 3.05) is 0 Å². The average molecular weight is 97.1 g/mol. The van der Waals surface area contributed by atoms with Gasteiger partial charge in [-0.3, -0.25) is 10.9 Å². The van der Waals surface area contributed by atoms with E-state index in [9.17, 15) is 0 Å². The minimum Gasteiger partial charge on any atom is -0.287 e. The Morgan fingerprint density at radius 2 is 2.29 bits per heavy atom. The molecule has 7 heavy (non-hydrogen) atoms. The van der Waals surface area contributed by atoms with Crippen molar-refractivity contribution in [1.82, 2.24) is 10.9 Å². The van der Waals surface area contributed by atoms with E-state index in [1.54, 1.807) is 0 Å². The third-order valence-corrected chi connectivity index (χ3v) is 0.690. The monoisotopic (exact) mass is 97.1 g/mol. The Labute approximate surface area is 42.1 Å². The summed E-state index contributed by atoms with van der Waals surface area (Å²) >= 11 is 0. The number of nitrogens with zero attached hydrogens (tertiary/aromatic N) is 1. The predicted octanol–water partition coefficient (Wildman–Crippen LogP) is -0.0162. The Kier molecular flexibility index (Phi) is 0.749. The van der Waals surface area contributed by atoms with E-state index in [0.29, 0.717) is 5.82 Å². The molecule has 0 spiro atoms. The molecular weight excluding hydrogens is 90.1 g/mol. The van der Waals surface area contributed by atoms with E-state index < -0.39 is 0 Å². The maximum Gasteiger partial charge on any atom is 0.139 e. The lowest BCUT2D eigenvalue weighted by Crippen LogP contribution is -2.26. The van der Waals surface area contributed by atoms with Crippen LogP contribution in [0.25, 0.3) is 0 Å². The fourth-order valence-corrected chi connectivity index (χ4v) is 0.421. The summed E-state index contributed by atoms with van der Waals surface area (Å²) in [6.07, 6.45) is 0. The molecule has 38 valence electrons. The van der Waals surface area contributed by atoms with Gasteiger partial charge in [0.15, 0.2) is 0 Å². The molecule has 0 unspecified atom stereocenters. The van der Waals surface area contributed by atoms with Crippen LogP contribution >= 0.6 is 0 Å². The fourth-order valence-electron chi connectivity index (χ4n) is 0.421. The molecule has 0 aromatic rings. The second-order valence-electron chi connectivity index (χ2n) is 1.39. The lowest BCUT2D eigenvalue weighted by molar-refractivity contribution is 0.811. The van der Waals surface area contributed by atoms with Gasteiger partial charge >= 0.3 is 0 Å². The first-order valence-electron chi connectivity index (χ1n) is 2.05. The molecule has 0 radical (unpaired) electrons. The maximum atomic E-state index is 3.89. The zero-order valence-electron chi connectivity index (χ0n) is 4.15. The van der Waals surface area contributed by atoms with Crippen molar-refractivity contribution >= 4 is 5.84 Å². The SMILES string of the molecule is C=C1N=C(C)NN1. The predicted molar refractivity (Wildman–Crippen MR) is 28.5 cm³/mol. The summed E-state index contributed by atoms with van der Waals surface area (Å²) in [7, 11) is 0. The van der Waals surface area contributed by atoms with Gasteiger partial charge in [-0.25, -0.2) is 4.99 Å². The molecule has 0 saturated heterocycles. The maximum absolute atomic E-state index is 3.89. The van der Waals surface area contributed by atoms with E-state index >= 15 is 0 Å². The van der Waals surface area contributed by atoms with Crippen LogP contribution in [0.3, 0.4) is 0 Å². The molecule has 0 amide bonds. The molecule has 0 aromatic carbocycles. The van der Waals surface area contributed by atoms with Crippen LogP contribution in [-0.2, 0) is 0 Å². The van der Waals surface area contributed by atoms with E-state index in [-0.39, 0.29) is 0 Å². The lowest BCUT2D eigenvalue weighted by Gasteiger charge is -1.91. The second kappa shape index (κ2) is 1.26. The van der Waals surface area contributed by atoms with Crippen LogP contribution in [0.15, 0.2) is 17.4 Å². The van der Waals surface area contributed by atoms with Crippen molar-refractivity contribution in [2.45, 2.75) is 6.92 Å². The minimum absolute atomic E-state index is 0.678. The molecule has 0 atom stereocenters. The highest BCUT2D eigenvalue weighted by atomic mass is 15.5. The number of hydrogen-bond donors (Lipinski definition) is 2. The lowest BCUT2D eigenvalue weighted by atomic mass is 10.7. The summed E-state index contributed by atoms with van der Waals surface area (Å²) in [5.74, 6) is 1.54. The summed E-state index contributed by atoms with van der Waals surface area (Å²) in [4.78, 5) is 3.89. The van der Waals surface area contributed by atoms with Gasteiger partial charge in [-0.15, -0.1) is 0 Å². The molecule has 1 rings (SSSR count). The quantitative estimate of drug-likeness (QED) is 0.446. The highest BCUT2D eigenvalue weighted by Crippen LogP contribution is 1.89. The number of rotatable bonds is 0. The molecule has 3 nitrogen and oxygen atoms in total. The van der Waals surface area contributed by atoms with Gasteiger partial charge < -0.3 is 0 Å². The normalized spacial score (nSPS) is 17.9. The van der Waals surface area contributed by atoms with Crippen molar-refractivity contribution in [3.05, 3.63) is 12.4 Å². The molecular formula is C4H7N3. The van der Waals surface area contributed by atoms with Crippen LogP contribution in [0.5, 0.6) is 0 Å². The van der Waals surface area contributed by atoms with Crippen LogP contribution in [0.4, 0.5) is 0 Å². The Hall–Kier alpha value is -0.990. The van der Waals surface area contributed by atoms with Gasteiger partial charge in [0.05, 0.1) is 0 Å². The van der Waals surface area contributed by atoms with Crippen LogP contribution in [-0.4, -0.2) is 5.84 Å². The number of aliphatic imine (C=N–C) groups is 1.